The van der Waals surface area contributed by atoms with Crippen molar-refractivity contribution in [2.24, 2.45) is 0 Å². The second-order valence-electron chi connectivity index (χ2n) is 10.5. The number of benzene rings is 4. The number of ether oxygens (including phenoxy) is 1. The Morgan fingerprint density at radius 1 is 0.878 bits per heavy atom. The van der Waals surface area contributed by atoms with E-state index in [2.05, 4.69) is 4.98 Å². The minimum Gasteiger partial charge on any atom is -0.488 e. The van der Waals surface area contributed by atoms with E-state index in [9.17, 15) is 13.2 Å². The van der Waals surface area contributed by atoms with Gasteiger partial charge in [-0.15, -0.1) is 0 Å². The monoisotopic (exact) mass is 561 g/mol. The number of rotatable bonds is 9. The molecule has 1 aromatic heterocycles. The Hall–Kier alpha value is -4.55. The van der Waals surface area contributed by atoms with Crippen LogP contribution in [0.5, 0.6) is 5.75 Å². The molecule has 0 saturated heterocycles. The molecule has 0 amide bonds. The van der Waals surface area contributed by atoms with E-state index in [0.29, 0.717) is 23.5 Å². The average molecular weight is 562 g/mol. The molecule has 206 valence electrons. The topological polar surface area (TPSA) is 73.3 Å². The van der Waals surface area contributed by atoms with Crippen LogP contribution in [0.15, 0.2) is 115 Å². The Morgan fingerprint density at radius 2 is 1.63 bits per heavy atom. The zero-order valence-corrected chi connectivity index (χ0v) is 24.1. The van der Waals surface area contributed by atoms with Crippen molar-refractivity contribution in [2.45, 2.75) is 25.2 Å². The number of para-hydroxylation sites is 1. The zero-order valence-electron chi connectivity index (χ0n) is 23.2. The highest BCUT2D eigenvalue weighted by Gasteiger charge is 2.33. The first-order valence-corrected chi connectivity index (χ1v) is 15.2. The number of sulfone groups is 1. The number of carbonyl (C=O) groups is 1. The first kappa shape index (κ1) is 28.0. The smallest absolute Gasteiger partial charge is 0.185 e. The molecule has 5 aromatic rings. The molecule has 0 radical (unpaired) electrons. The maximum absolute atomic E-state index is 12.6. The van der Waals surface area contributed by atoms with Crippen LogP contribution in [0.25, 0.3) is 28.1 Å². The van der Waals surface area contributed by atoms with Crippen molar-refractivity contribution in [3.8, 4) is 16.9 Å². The van der Waals surface area contributed by atoms with Gasteiger partial charge in [0.1, 0.15) is 12.4 Å². The van der Waals surface area contributed by atoms with Crippen molar-refractivity contribution >= 4 is 32.6 Å². The van der Waals surface area contributed by atoms with E-state index in [1.807, 2.05) is 91.0 Å². The third-order valence-corrected chi connectivity index (χ3v) is 9.44. The van der Waals surface area contributed by atoms with Gasteiger partial charge in [-0.1, -0.05) is 72.8 Å². The molecule has 0 spiro atoms. The lowest BCUT2D eigenvalue weighted by atomic mass is 9.93. The number of fused-ring (bicyclic) bond motifs is 1. The number of hydrogen-bond acceptors (Lipinski definition) is 5. The van der Waals surface area contributed by atoms with Crippen molar-refractivity contribution in [1.82, 2.24) is 4.98 Å². The Labute approximate surface area is 241 Å². The maximum atomic E-state index is 12.6. The minimum absolute atomic E-state index is 0.0739. The van der Waals surface area contributed by atoms with Crippen molar-refractivity contribution in [3.63, 3.8) is 0 Å². The van der Waals surface area contributed by atoms with Gasteiger partial charge in [-0.2, -0.15) is 0 Å². The summed E-state index contributed by atoms with van der Waals surface area (Å²) in [6.45, 7) is 3.77. The summed E-state index contributed by atoms with van der Waals surface area (Å²) in [6, 6.07) is 32.4. The number of nitrogens with zero attached hydrogens (tertiary/aromatic N) is 1. The fourth-order valence-corrected chi connectivity index (χ4v) is 5.12. The number of carbonyl (C=O) groups excluding carboxylic acids is 1. The fraction of sp³-hybridized carbons (Fsp3) is 0.143. The highest BCUT2D eigenvalue weighted by Crippen LogP contribution is 2.36. The Bertz CT molecular complexity index is 1860. The average Bonchev–Trinajstić information content (AvgIpc) is 2.98. The highest BCUT2D eigenvalue weighted by molar-refractivity contribution is 7.91. The van der Waals surface area contributed by atoms with Crippen LogP contribution in [0, 0.1) is 0 Å². The van der Waals surface area contributed by atoms with E-state index in [-0.39, 0.29) is 5.78 Å². The fourth-order valence-electron chi connectivity index (χ4n) is 4.58. The molecular formula is C35H31NO4S. The SMILES string of the molecule is CC(C)(c1cc(-c2cccc(COc3ccccc3/C=C/C(=O)c3ccccc3)c2)c2ncccc2c1)S(C)(=O)=O. The van der Waals surface area contributed by atoms with Crippen LogP contribution >= 0.6 is 0 Å². The second kappa shape index (κ2) is 11.5. The largest absolute Gasteiger partial charge is 0.488 e. The molecule has 5 rings (SSSR count). The summed E-state index contributed by atoms with van der Waals surface area (Å²) in [5.74, 6) is 0.592. The van der Waals surface area contributed by atoms with E-state index < -0.39 is 14.6 Å². The first-order chi connectivity index (χ1) is 19.6. The van der Waals surface area contributed by atoms with Crippen LogP contribution in [0.4, 0.5) is 0 Å². The van der Waals surface area contributed by atoms with Gasteiger partial charge in [-0.25, -0.2) is 8.42 Å². The lowest BCUT2D eigenvalue weighted by Crippen LogP contribution is -2.28. The summed E-state index contributed by atoms with van der Waals surface area (Å²) in [6.07, 6.45) is 6.34. The van der Waals surface area contributed by atoms with E-state index >= 15 is 0 Å². The van der Waals surface area contributed by atoms with Crippen LogP contribution in [0.1, 0.15) is 40.9 Å². The van der Waals surface area contributed by atoms with Crippen molar-refractivity contribution in [1.29, 1.82) is 0 Å². The molecule has 5 nitrogen and oxygen atoms in total. The minimum atomic E-state index is -3.37. The highest BCUT2D eigenvalue weighted by atomic mass is 32.2. The van der Waals surface area contributed by atoms with Gasteiger partial charge < -0.3 is 4.74 Å². The molecule has 0 aliphatic carbocycles. The van der Waals surface area contributed by atoms with Gasteiger partial charge in [0.2, 0.25) is 0 Å². The second-order valence-corrected chi connectivity index (χ2v) is 13.0. The van der Waals surface area contributed by atoms with Crippen LogP contribution < -0.4 is 4.74 Å². The molecule has 0 aliphatic rings. The standard InChI is InChI=1S/C35H31NO4S/c1-35(2,41(3,38)39)30-22-29-16-10-20-36-34(29)31(23-30)28-15-9-11-25(21-28)24-40-33-17-8-7-14-27(33)18-19-32(37)26-12-5-4-6-13-26/h4-23H,24H2,1-3H3/b19-18+. The van der Waals surface area contributed by atoms with Gasteiger partial charge in [-0.3, -0.25) is 9.78 Å². The predicted molar refractivity (Wildman–Crippen MR) is 166 cm³/mol. The molecule has 4 aromatic carbocycles. The maximum Gasteiger partial charge on any atom is 0.185 e. The number of hydrogen-bond donors (Lipinski definition) is 0. The molecule has 6 heteroatoms. The van der Waals surface area contributed by atoms with Crippen LogP contribution in [-0.2, 0) is 21.2 Å². The number of allylic oxidation sites excluding steroid dienone is 1. The van der Waals surface area contributed by atoms with Gasteiger partial charge in [0.25, 0.3) is 0 Å². The van der Waals surface area contributed by atoms with Gasteiger partial charge in [-0.05, 0) is 73.0 Å². The summed E-state index contributed by atoms with van der Waals surface area (Å²) in [4.78, 5) is 17.2. The molecule has 41 heavy (non-hydrogen) atoms. The van der Waals surface area contributed by atoms with Crippen LogP contribution in [-0.4, -0.2) is 25.4 Å². The molecule has 0 unspecified atom stereocenters. The lowest BCUT2D eigenvalue weighted by molar-refractivity contribution is 0.104. The van der Waals surface area contributed by atoms with Gasteiger partial charge in [0.15, 0.2) is 15.6 Å². The summed E-state index contributed by atoms with van der Waals surface area (Å²) in [7, 11) is -3.37. The van der Waals surface area contributed by atoms with Crippen LogP contribution in [0.3, 0.4) is 0 Å². The van der Waals surface area contributed by atoms with E-state index in [4.69, 9.17) is 4.74 Å². The van der Waals surface area contributed by atoms with E-state index in [0.717, 1.165) is 33.2 Å². The summed E-state index contributed by atoms with van der Waals surface area (Å²) in [5.41, 5.74) is 5.67. The number of aromatic nitrogens is 1. The Balaban J connectivity index is 1.43. The first-order valence-electron chi connectivity index (χ1n) is 13.3. The molecule has 0 saturated carbocycles. The van der Waals surface area contributed by atoms with Crippen molar-refractivity contribution in [3.05, 3.63) is 138 Å². The van der Waals surface area contributed by atoms with Gasteiger partial charge in [0, 0.05) is 34.5 Å². The van der Waals surface area contributed by atoms with Crippen LogP contribution in [0.2, 0.25) is 0 Å². The summed E-state index contributed by atoms with van der Waals surface area (Å²) < 4.78 is 30.4. The third-order valence-electron chi connectivity index (χ3n) is 7.35. The molecule has 0 atom stereocenters. The Kier molecular flexibility index (Phi) is 7.86. The number of ketones is 1. The van der Waals surface area contributed by atoms with Gasteiger partial charge >= 0.3 is 0 Å². The zero-order chi connectivity index (χ0) is 29.0. The Morgan fingerprint density at radius 3 is 2.41 bits per heavy atom. The molecule has 0 N–H and O–H groups in total. The normalized spacial score (nSPS) is 12.1. The summed E-state index contributed by atoms with van der Waals surface area (Å²) in [5, 5.41) is 0.879. The molecule has 1 heterocycles. The van der Waals surface area contributed by atoms with Crippen molar-refractivity contribution in [2.75, 3.05) is 6.26 Å². The lowest BCUT2D eigenvalue weighted by Gasteiger charge is -2.24. The van der Waals surface area contributed by atoms with E-state index in [1.54, 1.807) is 44.3 Å². The molecule has 0 fully saturated rings. The molecule has 0 bridgehead atoms. The van der Waals surface area contributed by atoms with E-state index in [1.165, 1.54) is 6.26 Å². The third kappa shape index (κ3) is 6.13. The molecule has 0 aliphatic heterocycles. The molecular weight excluding hydrogens is 530 g/mol. The van der Waals surface area contributed by atoms with Gasteiger partial charge in [0.05, 0.1) is 10.3 Å². The predicted octanol–water partition coefficient (Wildman–Crippen LogP) is 7.66. The van der Waals surface area contributed by atoms with Crippen molar-refractivity contribution < 1.29 is 17.9 Å². The summed E-state index contributed by atoms with van der Waals surface area (Å²) >= 11 is 0. The quantitative estimate of drug-likeness (QED) is 0.136. The number of pyridine rings is 1.